The summed E-state index contributed by atoms with van der Waals surface area (Å²) in [6, 6.07) is 9.08. The number of esters is 1. The van der Waals surface area contributed by atoms with E-state index in [1.807, 2.05) is 37.4 Å². The number of nitrogens with one attached hydrogen (secondary N) is 2. The molecule has 6 nitrogen and oxygen atoms in total. The number of benzene rings is 1. The van der Waals surface area contributed by atoms with Gasteiger partial charge in [-0.2, -0.15) is 0 Å². The number of ether oxygens (including phenoxy) is 1. The van der Waals surface area contributed by atoms with Crippen LogP contribution in [0.3, 0.4) is 0 Å². The number of nitrogens with zero attached hydrogens (tertiary/aromatic N) is 1. The average Bonchev–Trinajstić information content (AvgIpc) is 3.37. The van der Waals surface area contributed by atoms with E-state index in [4.69, 9.17) is 4.74 Å². The lowest BCUT2D eigenvalue weighted by molar-refractivity contribution is -0.145. The Morgan fingerprint density at radius 1 is 1.31 bits per heavy atom. The van der Waals surface area contributed by atoms with E-state index in [9.17, 15) is 9.59 Å². The van der Waals surface area contributed by atoms with Crippen molar-refractivity contribution >= 4 is 34.2 Å². The lowest BCUT2D eigenvalue weighted by Gasteiger charge is -2.30. The first-order valence-corrected chi connectivity index (χ1v) is 10.8. The summed E-state index contributed by atoms with van der Waals surface area (Å²) in [7, 11) is 0. The maximum absolute atomic E-state index is 13.0. The summed E-state index contributed by atoms with van der Waals surface area (Å²) in [6.45, 7) is 5.22. The van der Waals surface area contributed by atoms with Gasteiger partial charge >= 0.3 is 12.0 Å². The molecule has 2 atom stereocenters. The average molecular weight is 412 g/mol. The Morgan fingerprint density at radius 3 is 2.97 bits per heavy atom. The molecule has 2 aromatic heterocycles. The Bertz CT molecular complexity index is 1030. The molecule has 0 unspecified atom stereocenters. The van der Waals surface area contributed by atoms with E-state index in [0.717, 1.165) is 22.9 Å². The van der Waals surface area contributed by atoms with Crippen LogP contribution in [-0.2, 0) is 22.5 Å². The number of carbonyl (C=O) groups is 2. The number of aromatic nitrogens is 1. The van der Waals surface area contributed by atoms with E-state index in [2.05, 4.69) is 21.7 Å². The standard InChI is InChI=1S/C22H25N3O3S/c1-3-28-21(26)20(14(2)17-12-23-18-7-5-4-6-16(17)18)24-22(27)25-10-8-15-9-11-29-19(15)13-25/h4-7,9,11-12,14,20,23H,3,8,10,13H2,1-2H3,(H,24,27)/t14-,20+/m0/s1. The van der Waals surface area contributed by atoms with Crippen LogP contribution in [0.15, 0.2) is 41.9 Å². The van der Waals surface area contributed by atoms with Crippen LogP contribution >= 0.6 is 11.3 Å². The maximum Gasteiger partial charge on any atom is 0.329 e. The minimum absolute atomic E-state index is 0.228. The number of H-pyrrole nitrogens is 1. The van der Waals surface area contributed by atoms with Crippen LogP contribution < -0.4 is 5.32 Å². The molecule has 1 aromatic carbocycles. The molecule has 0 spiro atoms. The van der Waals surface area contributed by atoms with Crippen molar-refractivity contribution in [3.05, 3.63) is 57.9 Å². The Morgan fingerprint density at radius 2 is 2.14 bits per heavy atom. The molecule has 29 heavy (non-hydrogen) atoms. The van der Waals surface area contributed by atoms with Gasteiger partial charge in [-0.15, -0.1) is 11.3 Å². The topological polar surface area (TPSA) is 74.4 Å². The third-order valence-electron chi connectivity index (χ3n) is 5.54. The van der Waals surface area contributed by atoms with E-state index in [1.54, 1.807) is 23.2 Å². The number of hydrogen-bond donors (Lipinski definition) is 2. The van der Waals surface area contributed by atoms with E-state index >= 15 is 0 Å². The lowest BCUT2D eigenvalue weighted by Crippen LogP contribution is -2.51. The van der Waals surface area contributed by atoms with E-state index < -0.39 is 12.0 Å². The summed E-state index contributed by atoms with van der Waals surface area (Å²) >= 11 is 1.67. The summed E-state index contributed by atoms with van der Waals surface area (Å²) in [5.41, 5.74) is 3.30. The van der Waals surface area contributed by atoms with Crippen LogP contribution in [-0.4, -0.2) is 41.1 Å². The number of urea groups is 1. The fourth-order valence-electron chi connectivity index (χ4n) is 3.90. The highest BCUT2D eigenvalue weighted by Gasteiger charge is 2.33. The number of amides is 2. The highest BCUT2D eigenvalue weighted by Crippen LogP contribution is 2.29. The van der Waals surface area contributed by atoms with Crippen molar-refractivity contribution in [2.45, 2.75) is 38.8 Å². The molecule has 2 N–H and O–H groups in total. The number of hydrogen-bond acceptors (Lipinski definition) is 4. The Kier molecular flexibility index (Phi) is 5.58. The van der Waals surface area contributed by atoms with Crippen molar-refractivity contribution in [2.24, 2.45) is 0 Å². The number of rotatable bonds is 5. The summed E-state index contributed by atoms with van der Waals surface area (Å²) < 4.78 is 5.29. The van der Waals surface area contributed by atoms with Gasteiger partial charge in [-0.05, 0) is 42.0 Å². The smallest absolute Gasteiger partial charge is 0.329 e. The fourth-order valence-corrected chi connectivity index (χ4v) is 4.85. The molecular weight excluding hydrogens is 386 g/mol. The molecular formula is C22H25N3O3S. The highest BCUT2D eigenvalue weighted by molar-refractivity contribution is 7.10. The Hall–Kier alpha value is -2.80. The predicted molar refractivity (Wildman–Crippen MR) is 114 cm³/mol. The van der Waals surface area contributed by atoms with E-state index in [1.165, 1.54) is 10.4 Å². The number of fused-ring (bicyclic) bond motifs is 2. The molecule has 0 fully saturated rings. The Labute approximate surface area is 173 Å². The third-order valence-corrected chi connectivity index (χ3v) is 6.49. The largest absolute Gasteiger partial charge is 0.464 e. The number of carbonyl (C=O) groups excluding carboxylic acids is 2. The zero-order chi connectivity index (χ0) is 20.4. The second-order valence-electron chi connectivity index (χ2n) is 7.30. The summed E-state index contributed by atoms with van der Waals surface area (Å²) in [5.74, 6) is -0.649. The van der Waals surface area contributed by atoms with E-state index in [0.29, 0.717) is 13.1 Å². The monoisotopic (exact) mass is 411 g/mol. The zero-order valence-electron chi connectivity index (χ0n) is 16.6. The second kappa shape index (κ2) is 8.29. The molecule has 1 aliphatic rings. The molecule has 3 aromatic rings. The summed E-state index contributed by atoms with van der Waals surface area (Å²) in [4.78, 5) is 31.9. The van der Waals surface area contributed by atoms with Crippen molar-refractivity contribution < 1.29 is 14.3 Å². The van der Waals surface area contributed by atoms with Crippen molar-refractivity contribution in [1.29, 1.82) is 0 Å². The van der Waals surface area contributed by atoms with Crippen molar-refractivity contribution in [3.8, 4) is 0 Å². The SMILES string of the molecule is CCOC(=O)[C@H](NC(=O)N1CCc2ccsc2C1)[C@@H](C)c1c[nH]c2ccccc12. The van der Waals surface area contributed by atoms with Gasteiger partial charge in [-0.3, -0.25) is 0 Å². The number of thiophene rings is 1. The van der Waals surface area contributed by atoms with Gasteiger partial charge in [-0.25, -0.2) is 9.59 Å². The first-order valence-electron chi connectivity index (χ1n) is 9.91. The van der Waals surface area contributed by atoms with Crippen LogP contribution in [0, 0.1) is 0 Å². The van der Waals surface area contributed by atoms with Gasteiger partial charge in [0.25, 0.3) is 0 Å². The Balaban J connectivity index is 1.55. The first kappa shape index (κ1) is 19.5. The van der Waals surface area contributed by atoms with Crippen LogP contribution in [0.4, 0.5) is 4.79 Å². The molecule has 0 aliphatic carbocycles. The lowest BCUT2D eigenvalue weighted by atomic mass is 9.93. The molecule has 1 aliphatic heterocycles. The highest BCUT2D eigenvalue weighted by atomic mass is 32.1. The van der Waals surface area contributed by atoms with Crippen LogP contribution in [0.5, 0.6) is 0 Å². The molecule has 3 heterocycles. The normalized spacial score (nSPS) is 15.6. The molecule has 4 rings (SSSR count). The number of para-hydroxylation sites is 1. The van der Waals surface area contributed by atoms with Crippen LogP contribution in [0.1, 0.15) is 35.8 Å². The summed E-state index contributed by atoms with van der Waals surface area (Å²) in [6.07, 6.45) is 2.75. The van der Waals surface area contributed by atoms with Gasteiger partial charge < -0.3 is 19.9 Å². The second-order valence-corrected chi connectivity index (χ2v) is 8.30. The minimum Gasteiger partial charge on any atom is -0.464 e. The quantitative estimate of drug-likeness (QED) is 0.623. The predicted octanol–water partition coefficient (Wildman–Crippen LogP) is 4.03. The van der Waals surface area contributed by atoms with Gasteiger partial charge in [-0.1, -0.05) is 25.1 Å². The molecule has 152 valence electrons. The van der Waals surface area contributed by atoms with Crippen molar-refractivity contribution in [1.82, 2.24) is 15.2 Å². The number of aromatic amines is 1. The van der Waals surface area contributed by atoms with Gasteiger partial charge in [0.1, 0.15) is 6.04 Å². The molecule has 7 heteroatoms. The van der Waals surface area contributed by atoms with Crippen molar-refractivity contribution in [2.75, 3.05) is 13.2 Å². The minimum atomic E-state index is -0.758. The van der Waals surface area contributed by atoms with Gasteiger partial charge in [0, 0.05) is 34.4 Å². The first-order chi connectivity index (χ1) is 14.1. The fraction of sp³-hybridized carbons (Fsp3) is 0.364. The van der Waals surface area contributed by atoms with Gasteiger partial charge in [0.05, 0.1) is 13.2 Å². The summed E-state index contributed by atoms with van der Waals surface area (Å²) in [5, 5.41) is 6.06. The molecule has 0 saturated heterocycles. The zero-order valence-corrected chi connectivity index (χ0v) is 17.4. The molecule has 0 radical (unpaired) electrons. The van der Waals surface area contributed by atoms with Crippen LogP contribution in [0.25, 0.3) is 10.9 Å². The van der Waals surface area contributed by atoms with Crippen LogP contribution in [0.2, 0.25) is 0 Å². The molecule has 0 bridgehead atoms. The van der Waals surface area contributed by atoms with Crippen molar-refractivity contribution in [3.63, 3.8) is 0 Å². The molecule has 0 saturated carbocycles. The molecule has 2 amide bonds. The maximum atomic E-state index is 13.0. The van der Waals surface area contributed by atoms with Gasteiger partial charge in [0.2, 0.25) is 0 Å². The third kappa shape index (κ3) is 3.87. The van der Waals surface area contributed by atoms with Gasteiger partial charge in [0.15, 0.2) is 0 Å². The van der Waals surface area contributed by atoms with E-state index in [-0.39, 0.29) is 18.6 Å².